The van der Waals surface area contributed by atoms with Crippen molar-refractivity contribution in [1.29, 1.82) is 0 Å². The molecule has 0 radical (unpaired) electrons. The van der Waals surface area contributed by atoms with Gasteiger partial charge < -0.3 is 9.64 Å². The van der Waals surface area contributed by atoms with Crippen molar-refractivity contribution in [2.45, 2.75) is 17.7 Å². The van der Waals surface area contributed by atoms with E-state index in [1.165, 1.54) is 9.87 Å². The number of halogens is 3. The third-order valence-electron chi connectivity index (χ3n) is 4.59. The first-order valence-electron chi connectivity index (χ1n) is 8.86. The normalized spacial score (nSPS) is 16.8. The SMILES string of the molecule is O=S(=O)(c1ccc(OC(F)(F)F)cc1)N1CCN(CCc2ccccc2)CC1. The van der Waals surface area contributed by atoms with E-state index in [0.29, 0.717) is 26.2 Å². The molecule has 3 rings (SSSR count). The van der Waals surface area contributed by atoms with Crippen molar-refractivity contribution in [1.82, 2.24) is 9.21 Å². The van der Waals surface area contributed by atoms with Crippen molar-refractivity contribution < 1.29 is 26.3 Å². The molecule has 1 saturated heterocycles. The smallest absolute Gasteiger partial charge is 0.406 e. The molecule has 0 aliphatic carbocycles. The first-order chi connectivity index (χ1) is 13.2. The van der Waals surface area contributed by atoms with Crippen LogP contribution in [0.25, 0.3) is 0 Å². The highest BCUT2D eigenvalue weighted by Crippen LogP contribution is 2.25. The topological polar surface area (TPSA) is 49.9 Å². The van der Waals surface area contributed by atoms with Crippen LogP contribution in [-0.2, 0) is 16.4 Å². The van der Waals surface area contributed by atoms with E-state index >= 15 is 0 Å². The largest absolute Gasteiger partial charge is 0.573 e. The van der Waals surface area contributed by atoms with Crippen LogP contribution in [0.2, 0.25) is 0 Å². The molecule has 2 aromatic rings. The minimum atomic E-state index is -4.81. The fraction of sp³-hybridized carbons (Fsp3) is 0.368. The predicted molar refractivity (Wildman–Crippen MR) is 98.5 cm³/mol. The van der Waals surface area contributed by atoms with Gasteiger partial charge in [-0.05, 0) is 36.2 Å². The molecule has 0 saturated carbocycles. The molecular formula is C19H21F3N2O3S. The van der Waals surface area contributed by atoms with E-state index in [4.69, 9.17) is 0 Å². The van der Waals surface area contributed by atoms with Gasteiger partial charge in [0, 0.05) is 32.7 Å². The first kappa shape index (κ1) is 20.6. The quantitative estimate of drug-likeness (QED) is 0.729. The molecule has 0 amide bonds. The number of benzene rings is 2. The second-order valence-electron chi connectivity index (χ2n) is 6.50. The molecule has 0 N–H and O–H groups in total. The minimum absolute atomic E-state index is 0.0419. The van der Waals surface area contributed by atoms with Gasteiger partial charge in [0.15, 0.2) is 0 Å². The molecule has 1 aliphatic heterocycles. The molecule has 28 heavy (non-hydrogen) atoms. The van der Waals surface area contributed by atoms with Crippen LogP contribution < -0.4 is 4.74 Å². The van der Waals surface area contributed by atoms with Gasteiger partial charge in [-0.3, -0.25) is 0 Å². The zero-order valence-corrected chi connectivity index (χ0v) is 15.9. The van der Waals surface area contributed by atoms with Gasteiger partial charge in [-0.2, -0.15) is 4.31 Å². The van der Waals surface area contributed by atoms with E-state index in [2.05, 4.69) is 21.8 Å². The Kier molecular flexibility index (Phi) is 6.26. The second-order valence-corrected chi connectivity index (χ2v) is 8.44. The van der Waals surface area contributed by atoms with Crippen molar-refractivity contribution in [2.75, 3.05) is 32.7 Å². The lowest BCUT2D eigenvalue weighted by Gasteiger charge is -2.34. The monoisotopic (exact) mass is 414 g/mol. The van der Waals surface area contributed by atoms with E-state index in [-0.39, 0.29) is 4.90 Å². The Hall–Kier alpha value is -2.10. The highest BCUT2D eigenvalue weighted by atomic mass is 32.2. The number of alkyl halides is 3. The highest BCUT2D eigenvalue weighted by Gasteiger charge is 2.32. The lowest BCUT2D eigenvalue weighted by Crippen LogP contribution is -2.48. The molecule has 1 aliphatic rings. The van der Waals surface area contributed by atoms with Crippen LogP contribution in [0, 0.1) is 0 Å². The molecule has 1 fully saturated rings. The van der Waals surface area contributed by atoms with Crippen LogP contribution in [0.4, 0.5) is 13.2 Å². The van der Waals surface area contributed by atoms with Crippen LogP contribution in [0.3, 0.4) is 0 Å². The maximum atomic E-state index is 12.7. The van der Waals surface area contributed by atoms with E-state index in [1.54, 1.807) is 0 Å². The zero-order chi connectivity index (χ0) is 20.2. The summed E-state index contributed by atoms with van der Waals surface area (Å²) in [5.41, 5.74) is 1.23. The lowest BCUT2D eigenvalue weighted by molar-refractivity contribution is -0.274. The Morgan fingerprint density at radius 2 is 1.50 bits per heavy atom. The molecule has 5 nitrogen and oxygen atoms in total. The number of sulfonamides is 1. The fourth-order valence-corrected chi connectivity index (χ4v) is 4.51. The van der Waals surface area contributed by atoms with Crippen LogP contribution in [0.15, 0.2) is 59.5 Å². The van der Waals surface area contributed by atoms with Crippen molar-refractivity contribution in [3.8, 4) is 5.75 Å². The highest BCUT2D eigenvalue weighted by molar-refractivity contribution is 7.89. The Balaban J connectivity index is 1.55. The number of hydrogen-bond acceptors (Lipinski definition) is 4. The second kappa shape index (κ2) is 8.50. The van der Waals surface area contributed by atoms with E-state index in [0.717, 1.165) is 37.2 Å². The lowest BCUT2D eigenvalue weighted by atomic mass is 10.1. The summed E-state index contributed by atoms with van der Waals surface area (Å²) in [5, 5.41) is 0. The van der Waals surface area contributed by atoms with Gasteiger partial charge in [-0.15, -0.1) is 13.2 Å². The summed E-state index contributed by atoms with van der Waals surface area (Å²) < 4.78 is 67.2. The Morgan fingerprint density at radius 1 is 0.893 bits per heavy atom. The Morgan fingerprint density at radius 3 is 2.07 bits per heavy atom. The maximum absolute atomic E-state index is 12.7. The molecule has 9 heteroatoms. The van der Waals surface area contributed by atoms with Gasteiger partial charge in [0.25, 0.3) is 0 Å². The molecule has 152 valence electrons. The van der Waals surface area contributed by atoms with Gasteiger partial charge in [-0.1, -0.05) is 30.3 Å². The van der Waals surface area contributed by atoms with E-state index < -0.39 is 22.1 Å². The summed E-state index contributed by atoms with van der Waals surface area (Å²) >= 11 is 0. The average molecular weight is 414 g/mol. The molecule has 2 aromatic carbocycles. The third kappa shape index (κ3) is 5.46. The van der Waals surface area contributed by atoms with Crippen LogP contribution in [0.1, 0.15) is 5.56 Å². The zero-order valence-electron chi connectivity index (χ0n) is 15.1. The van der Waals surface area contributed by atoms with Crippen molar-refractivity contribution in [3.63, 3.8) is 0 Å². The van der Waals surface area contributed by atoms with Gasteiger partial charge >= 0.3 is 6.36 Å². The van der Waals surface area contributed by atoms with E-state index in [9.17, 15) is 21.6 Å². The van der Waals surface area contributed by atoms with Crippen molar-refractivity contribution in [2.24, 2.45) is 0 Å². The number of piperazine rings is 1. The number of nitrogens with zero attached hydrogens (tertiary/aromatic N) is 2. The molecule has 0 bridgehead atoms. The molecule has 0 unspecified atom stereocenters. The Labute approximate surface area is 162 Å². The number of rotatable bonds is 6. The minimum Gasteiger partial charge on any atom is -0.406 e. The number of hydrogen-bond donors (Lipinski definition) is 0. The summed E-state index contributed by atoms with van der Waals surface area (Å²) in [4.78, 5) is 2.17. The van der Waals surface area contributed by atoms with Crippen LogP contribution in [0.5, 0.6) is 5.75 Å². The van der Waals surface area contributed by atoms with Gasteiger partial charge in [0.05, 0.1) is 4.90 Å². The molecule has 0 aromatic heterocycles. The standard InChI is InChI=1S/C19H21F3N2O3S/c20-19(21,22)27-17-6-8-18(9-7-17)28(25,26)24-14-12-23(13-15-24)11-10-16-4-2-1-3-5-16/h1-9H,10-15H2. The Bertz CT molecular complexity index is 864. The predicted octanol–water partition coefficient (Wildman–Crippen LogP) is 3.13. The van der Waals surface area contributed by atoms with Gasteiger partial charge in [0.2, 0.25) is 10.0 Å². The third-order valence-corrected chi connectivity index (χ3v) is 6.50. The van der Waals surface area contributed by atoms with Crippen molar-refractivity contribution >= 4 is 10.0 Å². The molecular weight excluding hydrogens is 393 g/mol. The summed E-state index contributed by atoms with van der Waals surface area (Å²) in [7, 11) is -3.74. The summed E-state index contributed by atoms with van der Waals surface area (Å²) in [6.07, 6.45) is -3.91. The van der Waals surface area contributed by atoms with Crippen LogP contribution in [-0.4, -0.2) is 56.7 Å². The first-order valence-corrected chi connectivity index (χ1v) is 10.3. The van der Waals surface area contributed by atoms with Gasteiger partial charge in [0.1, 0.15) is 5.75 Å². The van der Waals surface area contributed by atoms with Crippen LogP contribution >= 0.6 is 0 Å². The molecule has 0 spiro atoms. The summed E-state index contributed by atoms with van der Waals surface area (Å²) in [5.74, 6) is -0.447. The molecule has 0 atom stereocenters. The summed E-state index contributed by atoms with van der Waals surface area (Å²) in [6.45, 7) is 2.76. The fourth-order valence-electron chi connectivity index (χ4n) is 3.09. The number of ether oxygens (including phenoxy) is 1. The van der Waals surface area contributed by atoms with Gasteiger partial charge in [-0.25, -0.2) is 8.42 Å². The van der Waals surface area contributed by atoms with Crippen molar-refractivity contribution in [3.05, 3.63) is 60.2 Å². The maximum Gasteiger partial charge on any atom is 0.573 e. The molecule has 1 heterocycles. The summed E-state index contributed by atoms with van der Waals surface area (Å²) in [6, 6.07) is 14.4. The van der Waals surface area contributed by atoms with E-state index in [1.807, 2.05) is 18.2 Å². The average Bonchev–Trinajstić information content (AvgIpc) is 2.67.